The molecule has 1 saturated carbocycles. The average Bonchev–Trinajstić information content (AvgIpc) is 3.13. The quantitative estimate of drug-likeness (QED) is 0.809. The molecule has 0 saturated heterocycles. The van der Waals surface area contributed by atoms with Gasteiger partial charge < -0.3 is 11.1 Å². The summed E-state index contributed by atoms with van der Waals surface area (Å²) in [5.41, 5.74) is 7.90. The Hall–Kier alpha value is -1.35. The third-order valence-electron chi connectivity index (χ3n) is 3.34. The van der Waals surface area contributed by atoms with Crippen molar-refractivity contribution in [1.82, 2.24) is 5.32 Å². The zero-order chi connectivity index (χ0) is 13.1. The van der Waals surface area contributed by atoms with Crippen LogP contribution < -0.4 is 11.1 Å². The Kier molecular flexibility index (Phi) is 4.02. The second-order valence-electron chi connectivity index (χ2n) is 5.54. The summed E-state index contributed by atoms with van der Waals surface area (Å²) in [5.74, 6) is 0.840. The molecule has 0 aliphatic heterocycles. The van der Waals surface area contributed by atoms with Gasteiger partial charge in [0, 0.05) is 0 Å². The fraction of sp³-hybridized carbons (Fsp3) is 0.533. The van der Waals surface area contributed by atoms with Crippen molar-refractivity contribution in [2.45, 2.75) is 38.6 Å². The van der Waals surface area contributed by atoms with Crippen LogP contribution in [0.2, 0.25) is 0 Å². The van der Waals surface area contributed by atoms with Gasteiger partial charge in [-0.2, -0.15) is 0 Å². The Morgan fingerprint density at radius 3 is 2.61 bits per heavy atom. The number of nitrogens with one attached hydrogen (secondary N) is 1. The van der Waals surface area contributed by atoms with E-state index in [1.54, 1.807) is 0 Å². The number of primary amides is 1. The van der Waals surface area contributed by atoms with Crippen LogP contribution in [0.1, 0.15) is 49.8 Å². The SMILES string of the molecule is CC(C)CNC(C(N)=O)c1ccccc1C1CC1. The van der Waals surface area contributed by atoms with E-state index in [0.29, 0.717) is 11.8 Å². The first kappa shape index (κ1) is 13.1. The van der Waals surface area contributed by atoms with Crippen LogP contribution in [-0.4, -0.2) is 12.5 Å². The zero-order valence-corrected chi connectivity index (χ0v) is 11.1. The molecule has 1 atom stereocenters. The summed E-state index contributed by atoms with van der Waals surface area (Å²) in [6.07, 6.45) is 2.46. The smallest absolute Gasteiger partial charge is 0.239 e. The van der Waals surface area contributed by atoms with Crippen molar-refractivity contribution in [3.8, 4) is 0 Å². The topological polar surface area (TPSA) is 55.1 Å². The Balaban J connectivity index is 2.21. The number of amides is 1. The third kappa shape index (κ3) is 3.10. The summed E-state index contributed by atoms with van der Waals surface area (Å²) >= 11 is 0. The predicted octanol–water partition coefficient (Wildman–Crippen LogP) is 2.34. The van der Waals surface area contributed by atoms with Crippen LogP contribution >= 0.6 is 0 Å². The summed E-state index contributed by atoms with van der Waals surface area (Å²) in [6, 6.07) is 7.81. The summed E-state index contributed by atoms with van der Waals surface area (Å²) in [4.78, 5) is 11.7. The molecule has 3 nitrogen and oxygen atoms in total. The minimum atomic E-state index is -0.357. The van der Waals surface area contributed by atoms with Gasteiger partial charge in [0.15, 0.2) is 0 Å². The van der Waals surface area contributed by atoms with Crippen LogP contribution in [0.4, 0.5) is 0 Å². The molecule has 1 aromatic carbocycles. The zero-order valence-electron chi connectivity index (χ0n) is 11.1. The van der Waals surface area contributed by atoms with Crippen molar-refractivity contribution in [2.24, 2.45) is 11.7 Å². The maximum atomic E-state index is 11.7. The van der Waals surface area contributed by atoms with E-state index in [1.165, 1.54) is 18.4 Å². The van der Waals surface area contributed by atoms with Gasteiger partial charge in [-0.3, -0.25) is 4.79 Å². The normalized spacial score (nSPS) is 16.8. The minimum absolute atomic E-state index is 0.288. The molecule has 0 aromatic heterocycles. The minimum Gasteiger partial charge on any atom is -0.368 e. The molecule has 0 radical (unpaired) electrons. The van der Waals surface area contributed by atoms with Crippen molar-refractivity contribution in [2.75, 3.05) is 6.54 Å². The molecule has 0 spiro atoms. The molecular formula is C15H22N2O. The fourth-order valence-corrected chi connectivity index (χ4v) is 2.26. The van der Waals surface area contributed by atoms with Gasteiger partial charge in [-0.05, 0) is 42.3 Å². The lowest BCUT2D eigenvalue weighted by atomic mass is 9.96. The number of carbonyl (C=O) groups excluding carboxylic acids is 1. The number of carbonyl (C=O) groups is 1. The molecule has 3 N–H and O–H groups in total. The van der Waals surface area contributed by atoms with E-state index in [2.05, 4.69) is 25.2 Å². The highest BCUT2D eigenvalue weighted by molar-refractivity contribution is 5.82. The monoisotopic (exact) mass is 246 g/mol. The Bertz CT molecular complexity index is 424. The lowest BCUT2D eigenvalue weighted by Gasteiger charge is -2.20. The van der Waals surface area contributed by atoms with Gasteiger partial charge in [0.2, 0.25) is 5.91 Å². The number of nitrogens with two attached hydrogens (primary N) is 1. The Morgan fingerprint density at radius 2 is 2.06 bits per heavy atom. The van der Waals surface area contributed by atoms with Gasteiger partial charge >= 0.3 is 0 Å². The third-order valence-corrected chi connectivity index (χ3v) is 3.34. The molecule has 1 amide bonds. The summed E-state index contributed by atoms with van der Waals surface area (Å²) in [7, 11) is 0. The van der Waals surface area contributed by atoms with Crippen molar-refractivity contribution in [3.63, 3.8) is 0 Å². The van der Waals surface area contributed by atoms with Crippen molar-refractivity contribution >= 4 is 5.91 Å². The Labute approximate surface area is 109 Å². The first-order chi connectivity index (χ1) is 8.59. The van der Waals surface area contributed by atoms with Gasteiger partial charge in [-0.1, -0.05) is 38.1 Å². The second kappa shape index (κ2) is 5.53. The second-order valence-corrected chi connectivity index (χ2v) is 5.54. The molecule has 1 fully saturated rings. The van der Waals surface area contributed by atoms with Gasteiger partial charge in [-0.15, -0.1) is 0 Å². The largest absolute Gasteiger partial charge is 0.368 e. The van der Waals surface area contributed by atoms with E-state index >= 15 is 0 Å². The molecule has 1 aliphatic rings. The van der Waals surface area contributed by atoms with Crippen molar-refractivity contribution in [1.29, 1.82) is 0 Å². The first-order valence-electron chi connectivity index (χ1n) is 6.71. The van der Waals surface area contributed by atoms with E-state index in [9.17, 15) is 4.79 Å². The van der Waals surface area contributed by atoms with E-state index < -0.39 is 0 Å². The molecule has 98 valence electrons. The van der Waals surface area contributed by atoms with Gasteiger partial charge in [0.05, 0.1) is 0 Å². The maximum absolute atomic E-state index is 11.7. The van der Waals surface area contributed by atoms with Crippen LogP contribution in [0.25, 0.3) is 0 Å². The van der Waals surface area contributed by atoms with Crippen LogP contribution in [0, 0.1) is 5.92 Å². The summed E-state index contributed by atoms with van der Waals surface area (Å²) in [6.45, 7) is 5.04. The molecular weight excluding hydrogens is 224 g/mol. The predicted molar refractivity (Wildman–Crippen MR) is 73.2 cm³/mol. The lowest BCUT2D eigenvalue weighted by molar-refractivity contribution is -0.120. The van der Waals surface area contributed by atoms with Crippen molar-refractivity contribution < 1.29 is 4.79 Å². The highest BCUT2D eigenvalue weighted by atomic mass is 16.1. The summed E-state index contributed by atoms with van der Waals surface area (Å²) in [5, 5.41) is 3.28. The molecule has 1 aliphatic carbocycles. The van der Waals surface area contributed by atoms with Gasteiger partial charge in [0.1, 0.15) is 6.04 Å². The van der Waals surface area contributed by atoms with Crippen LogP contribution in [0.5, 0.6) is 0 Å². The standard InChI is InChI=1S/C15H22N2O/c1-10(2)9-17-14(15(16)18)13-6-4-3-5-12(13)11-7-8-11/h3-6,10-11,14,17H,7-9H2,1-2H3,(H2,16,18). The molecule has 0 heterocycles. The average molecular weight is 246 g/mol. The lowest BCUT2D eigenvalue weighted by Crippen LogP contribution is -2.36. The van der Waals surface area contributed by atoms with Crippen LogP contribution in [0.3, 0.4) is 0 Å². The van der Waals surface area contributed by atoms with E-state index in [4.69, 9.17) is 5.73 Å². The van der Waals surface area contributed by atoms with Crippen molar-refractivity contribution in [3.05, 3.63) is 35.4 Å². The molecule has 3 heteroatoms. The highest BCUT2D eigenvalue weighted by Gasteiger charge is 2.29. The molecule has 0 bridgehead atoms. The van der Waals surface area contributed by atoms with Gasteiger partial charge in [-0.25, -0.2) is 0 Å². The Morgan fingerprint density at radius 1 is 1.39 bits per heavy atom. The molecule has 1 aromatic rings. The van der Waals surface area contributed by atoms with E-state index in [-0.39, 0.29) is 11.9 Å². The van der Waals surface area contributed by atoms with Gasteiger partial charge in [0.25, 0.3) is 0 Å². The van der Waals surface area contributed by atoms with E-state index in [0.717, 1.165) is 12.1 Å². The van der Waals surface area contributed by atoms with Crippen LogP contribution in [-0.2, 0) is 4.79 Å². The van der Waals surface area contributed by atoms with Crippen LogP contribution in [0.15, 0.2) is 24.3 Å². The highest BCUT2D eigenvalue weighted by Crippen LogP contribution is 2.42. The summed E-state index contributed by atoms with van der Waals surface area (Å²) < 4.78 is 0. The molecule has 18 heavy (non-hydrogen) atoms. The molecule has 2 rings (SSSR count). The first-order valence-corrected chi connectivity index (χ1v) is 6.71. The number of hydrogen-bond acceptors (Lipinski definition) is 2. The van der Waals surface area contributed by atoms with E-state index in [1.807, 2.05) is 18.2 Å². The number of rotatable bonds is 6. The number of benzene rings is 1. The number of hydrogen-bond donors (Lipinski definition) is 2. The maximum Gasteiger partial charge on any atom is 0.239 e. The molecule has 1 unspecified atom stereocenters. The fourth-order valence-electron chi connectivity index (χ4n) is 2.26.